The Morgan fingerprint density at radius 1 is 1.11 bits per heavy atom. The monoisotopic (exact) mass is 381 g/mol. The second-order valence-corrected chi connectivity index (χ2v) is 7.76. The zero-order valence-electron chi connectivity index (χ0n) is 16.5. The molecule has 0 aliphatic rings. The first-order valence-corrected chi connectivity index (χ1v) is 8.90. The Kier molecular flexibility index (Phi) is 8.40. The van der Waals surface area contributed by atoms with Crippen molar-refractivity contribution in [3.8, 4) is 0 Å². The summed E-state index contributed by atoms with van der Waals surface area (Å²) in [5, 5.41) is 2.46. The lowest BCUT2D eigenvalue weighted by Crippen LogP contribution is -2.50. The van der Waals surface area contributed by atoms with Gasteiger partial charge in [-0.05, 0) is 38.7 Å². The van der Waals surface area contributed by atoms with Gasteiger partial charge >= 0.3 is 18.1 Å². The van der Waals surface area contributed by atoms with Crippen LogP contribution in [0, 0.1) is 5.92 Å². The van der Waals surface area contributed by atoms with Crippen molar-refractivity contribution in [2.24, 2.45) is 5.92 Å². The molecule has 7 heteroatoms. The third-order valence-corrected chi connectivity index (χ3v) is 3.47. The molecule has 1 rings (SSSR count). The van der Waals surface area contributed by atoms with E-state index in [9.17, 15) is 18.8 Å². The molecule has 0 bridgehead atoms. The minimum Gasteiger partial charge on any atom is -0.449 e. The van der Waals surface area contributed by atoms with Gasteiger partial charge in [-0.15, -0.1) is 0 Å². The van der Waals surface area contributed by atoms with E-state index in [0.717, 1.165) is 0 Å². The minimum absolute atomic E-state index is 0.0135. The summed E-state index contributed by atoms with van der Waals surface area (Å²) >= 11 is 0. The molecule has 1 N–H and O–H groups in total. The molecule has 0 radical (unpaired) electrons. The molecule has 27 heavy (non-hydrogen) atoms. The standard InChI is InChI=1S/C20H28FNO5/c1-13(2)11-15(22-19(25)27-20(3,4)5)17(18(21)24)26-16(23)12-14-9-7-6-8-10-14/h6-10,13,15,17H,11-12H2,1-5H3,(H,22,25). The van der Waals surface area contributed by atoms with Crippen molar-refractivity contribution in [3.63, 3.8) is 0 Å². The fourth-order valence-corrected chi connectivity index (χ4v) is 2.46. The van der Waals surface area contributed by atoms with E-state index in [1.807, 2.05) is 13.8 Å². The van der Waals surface area contributed by atoms with E-state index in [4.69, 9.17) is 9.47 Å². The molecule has 1 aromatic rings. The molecular formula is C20H28FNO5. The third-order valence-electron chi connectivity index (χ3n) is 3.47. The van der Waals surface area contributed by atoms with Gasteiger partial charge in [-0.25, -0.2) is 4.79 Å². The smallest absolute Gasteiger partial charge is 0.408 e. The molecule has 0 aliphatic heterocycles. The van der Waals surface area contributed by atoms with Gasteiger partial charge in [0, 0.05) is 0 Å². The number of hydrogen-bond donors (Lipinski definition) is 1. The van der Waals surface area contributed by atoms with E-state index in [1.165, 1.54) is 0 Å². The van der Waals surface area contributed by atoms with Crippen LogP contribution in [0.2, 0.25) is 0 Å². The number of benzene rings is 1. The van der Waals surface area contributed by atoms with Crippen LogP contribution in [0.3, 0.4) is 0 Å². The molecule has 0 fully saturated rings. The highest BCUT2D eigenvalue weighted by Crippen LogP contribution is 2.16. The van der Waals surface area contributed by atoms with Gasteiger partial charge in [0.15, 0.2) is 0 Å². The maximum Gasteiger partial charge on any atom is 0.408 e. The molecule has 1 aromatic carbocycles. The van der Waals surface area contributed by atoms with E-state index in [-0.39, 0.29) is 18.8 Å². The quantitative estimate of drug-likeness (QED) is 0.550. The van der Waals surface area contributed by atoms with Gasteiger partial charge in [0.1, 0.15) is 5.60 Å². The Hall–Kier alpha value is -2.44. The van der Waals surface area contributed by atoms with Crippen molar-refractivity contribution in [2.45, 2.75) is 65.2 Å². The Balaban J connectivity index is 2.87. The predicted molar refractivity (Wildman–Crippen MR) is 98.8 cm³/mol. The molecule has 6 nitrogen and oxygen atoms in total. The van der Waals surface area contributed by atoms with Crippen LogP contribution in [0.4, 0.5) is 9.18 Å². The maximum atomic E-state index is 13.6. The molecule has 0 saturated heterocycles. The fraction of sp³-hybridized carbons (Fsp3) is 0.550. The number of rotatable bonds is 8. The van der Waals surface area contributed by atoms with Crippen LogP contribution in [0.25, 0.3) is 0 Å². The SMILES string of the molecule is CC(C)CC(NC(=O)OC(C)(C)C)C(OC(=O)Cc1ccccc1)C(=O)F. The van der Waals surface area contributed by atoms with Gasteiger partial charge in [0.25, 0.3) is 0 Å². The summed E-state index contributed by atoms with van der Waals surface area (Å²) in [6.07, 6.45) is -2.40. The van der Waals surface area contributed by atoms with Crippen LogP contribution in [0.1, 0.15) is 46.6 Å². The van der Waals surface area contributed by atoms with Gasteiger partial charge in [-0.2, -0.15) is 4.39 Å². The predicted octanol–water partition coefficient (Wildman–Crippen LogP) is 3.58. The summed E-state index contributed by atoms with van der Waals surface area (Å²) in [5.41, 5.74) is -0.0841. The van der Waals surface area contributed by atoms with Gasteiger partial charge in [0.05, 0.1) is 12.5 Å². The lowest BCUT2D eigenvalue weighted by Gasteiger charge is -2.28. The minimum atomic E-state index is -1.82. The molecule has 2 unspecified atom stereocenters. The highest BCUT2D eigenvalue weighted by Gasteiger charge is 2.35. The van der Waals surface area contributed by atoms with E-state index >= 15 is 0 Å². The Bertz CT molecular complexity index is 640. The fourth-order valence-electron chi connectivity index (χ4n) is 2.46. The van der Waals surface area contributed by atoms with Crippen LogP contribution in [0.5, 0.6) is 0 Å². The largest absolute Gasteiger partial charge is 0.449 e. The van der Waals surface area contributed by atoms with Gasteiger partial charge in [0.2, 0.25) is 6.10 Å². The van der Waals surface area contributed by atoms with Gasteiger partial charge in [-0.1, -0.05) is 44.2 Å². The number of carbonyl (C=O) groups is 3. The lowest BCUT2D eigenvalue weighted by atomic mass is 9.99. The van der Waals surface area contributed by atoms with Crippen LogP contribution in [-0.2, 0) is 25.5 Å². The van der Waals surface area contributed by atoms with E-state index in [1.54, 1.807) is 51.1 Å². The summed E-state index contributed by atoms with van der Waals surface area (Å²) in [6.45, 7) is 8.73. The number of halogens is 1. The van der Waals surface area contributed by atoms with E-state index < -0.39 is 35.8 Å². The number of amides is 1. The number of hydrogen-bond acceptors (Lipinski definition) is 5. The first-order valence-electron chi connectivity index (χ1n) is 8.90. The number of alkyl carbamates (subject to hydrolysis) is 1. The maximum absolute atomic E-state index is 13.6. The summed E-state index contributed by atoms with van der Waals surface area (Å²) in [7, 11) is 0. The lowest BCUT2D eigenvalue weighted by molar-refractivity contribution is -0.161. The summed E-state index contributed by atoms with van der Waals surface area (Å²) in [6, 6.07) is 5.90. The zero-order valence-corrected chi connectivity index (χ0v) is 16.5. The van der Waals surface area contributed by atoms with Gasteiger partial charge in [-0.3, -0.25) is 9.59 Å². The summed E-state index contributed by atoms with van der Waals surface area (Å²) in [4.78, 5) is 35.7. The topological polar surface area (TPSA) is 81.7 Å². The Labute approximate surface area is 159 Å². The van der Waals surface area contributed by atoms with Gasteiger partial charge < -0.3 is 14.8 Å². The van der Waals surface area contributed by atoms with Crippen molar-refractivity contribution < 1.29 is 28.2 Å². The average Bonchev–Trinajstić information content (AvgIpc) is 2.50. The second kappa shape index (κ2) is 10.0. The molecule has 0 aliphatic carbocycles. The molecule has 0 spiro atoms. The summed E-state index contributed by atoms with van der Waals surface area (Å²) in [5.74, 6) is -0.739. The second-order valence-electron chi connectivity index (χ2n) is 7.76. The molecule has 1 amide bonds. The first-order chi connectivity index (χ1) is 12.5. The summed E-state index contributed by atoms with van der Waals surface area (Å²) < 4.78 is 23.9. The molecule has 0 saturated carbocycles. The molecule has 150 valence electrons. The Morgan fingerprint density at radius 3 is 2.19 bits per heavy atom. The molecule has 0 aromatic heterocycles. The first kappa shape index (κ1) is 22.6. The van der Waals surface area contributed by atoms with Crippen LogP contribution < -0.4 is 5.32 Å². The number of nitrogens with one attached hydrogen (secondary N) is 1. The molecule has 0 heterocycles. The van der Waals surface area contributed by atoms with E-state index in [0.29, 0.717) is 5.56 Å². The zero-order chi connectivity index (χ0) is 20.6. The normalized spacial score (nSPS) is 13.6. The Morgan fingerprint density at radius 2 is 1.70 bits per heavy atom. The van der Waals surface area contributed by atoms with E-state index in [2.05, 4.69) is 5.32 Å². The number of carbonyl (C=O) groups excluding carboxylic acids is 3. The number of ether oxygens (including phenoxy) is 2. The highest BCUT2D eigenvalue weighted by atomic mass is 19.1. The van der Waals surface area contributed by atoms with Crippen molar-refractivity contribution in [3.05, 3.63) is 35.9 Å². The third kappa shape index (κ3) is 9.17. The molecule has 2 atom stereocenters. The number of esters is 1. The molecular weight excluding hydrogens is 353 g/mol. The van der Waals surface area contributed by atoms with Crippen molar-refractivity contribution in [2.75, 3.05) is 0 Å². The van der Waals surface area contributed by atoms with Crippen LogP contribution >= 0.6 is 0 Å². The van der Waals surface area contributed by atoms with Crippen molar-refractivity contribution in [1.82, 2.24) is 5.32 Å². The van der Waals surface area contributed by atoms with Crippen molar-refractivity contribution in [1.29, 1.82) is 0 Å². The van der Waals surface area contributed by atoms with Crippen LogP contribution in [-0.4, -0.2) is 35.8 Å². The average molecular weight is 381 g/mol. The highest BCUT2D eigenvalue weighted by molar-refractivity contribution is 5.81. The van der Waals surface area contributed by atoms with Crippen molar-refractivity contribution >= 4 is 18.1 Å². The van der Waals surface area contributed by atoms with Crippen LogP contribution in [0.15, 0.2) is 30.3 Å².